The van der Waals surface area contributed by atoms with E-state index in [4.69, 9.17) is 0 Å². The van der Waals surface area contributed by atoms with Crippen molar-refractivity contribution in [2.45, 2.75) is 25.3 Å². The van der Waals surface area contributed by atoms with E-state index in [1.54, 1.807) is 0 Å². The van der Waals surface area contributed by atoms with Gasteiger partial charge in [-0.3, -0.25) is 0 Å². The minimum absolute atomic E-state index is 0.906. The number of rotatable bonds is 2. The molecule has 2 heterocycles. The van der Waals surface area contributed by atoms with Crippen LogP contribution in [0.2, 0.25) is 0 Å². The van der Waals surface area contributed by atoms with E-state index in [9.17, 15) is 0 Å². The van der Waals surface area contributed by atoms with Crippen LogP contribution < -0.4 is 0 Å². The van der Waals surface area contributed by atoms with Crippen molar-refractivity contribution in [3.8, 4) is 0 Å². The van der Waals surface area contributed by atoms with Crippen molar-refractivity contribution in [1.29, 1.82) is 0 Å². The monoisotopic (exact) mass is 168 g/mol. The van der Waals surface area contributed by atoms with Crippen LogP contribution in [-0.4, -0.2) is 49.6 Å². The molecule has 0 bridgehead atoms. The van der Waals surface area contributed by atoms with Gasteiger partial charge in [0.15, 0.2) is 0 Å². The Labute approximate surface area is 75.5 Å². The van der Waals surface area contributed by atoms with E-state index in [1.807, 2.05) is 0 Å². The maximum absolute atomic E-state index is 2.54. The lowest BCUT2D eigenvalue weighted by atomic mass is 9.92. The zero-order chi connectivity index (χ0) is 8.55. The fourth-order valence-electron chi connectivity index (χ4n) is 2.64. The highest BCUT2D eigenvalue weighted by atomic mass is 15.2. The van der Waals surface area contributed by atoms with Crippen molar-refractivity contribution in [2.75, 3.05) is 33.7 Å². The van der Waals surface area contributed by atoms with Crippen LogP contribution in [0.15, 0.2) is 0 Å². The summed E-state index contributed by atoms with van der Waals surface area (Å²) in [6, 6.07) is 0.906. The van der Waals surface area contributed by atoms with E-state index in [0.717, 1.165) is 12.0 Å². The third-order valence-corrected chi connectivity index (χ3v) is 3.42. The van der Waals surface area contributed by atoms with Crippen molar-refractivity contribution in [3.05, 3.63) is 0 Å². The summed E-state index contributed by atoms with van der Waals surface area (Å²) >= 11 is 0. The molecule has 12 heavy (non-hydrogen) atoms. The molecule has 0 amide bonds. The molecule has 0 aliphatic carbocycles. The quantitative estimate of drug-likeness (QED) is 0.607. The topological polar surface area (TPSA) is 6.48 Å². The molecule has 2 saturated heterocycles. The standard InChI is InChI=1S/C10H20N2/c1-11-7-9(8-11)6-10-4-3-5-12(10)2/h9-10H,3-8H2,1-2H3/t10-/m1/s1. The van der Waals surface area contributed by atoms with Crippen molar-refractivity contribution >= 4 is 0 Å². The van der Waals surface area contributed by atoms with Crippen LogP contribution in [-0.2, 0) is 0 Å². The smallest absolute Gasteiger partial charge is 0.00962 e. The first kappa shape index (κ1) is 8.52. The molecule has 0 spiro atoms. The second-order valence-corrected chi connectivity index (χ2v) is 4.60. The molecule has 0 saturated carbocycles. The van der Waals surface area contributed by atoms with E-state index >= 15 is 0 Å². The Morgan fingerprint density at radius 1 is 1.25 bits per heavy atom. The van der Waals surface area contributed by atoms with Crippen LogP contribution in [0.4, 0.5) is 0 Å². The number of nitrogens with zero attached hydrogens (tertiary/aromatic N) is 2. The maximum atomic E-state index is 2.54. The van der Waals surface area contributed by atoms with Gasteiger partial charge in [0.25, 0.3) is 0 Å². The average molecular weight is 168 g/mol. The Balaban J connectivity index is 1.72. The van der Waals surface area contributed by atoms with Crippen molar-refractivity contribution < 1.29 is 0 Å². The van der Waals surface area contributed by atoms with Gasteiger partial charge in [-0.2, -0.15) is 0 Å². The molecule has 0 aromatic carbocycles. The third kappa shape index (κ3) is 1.64. The lowest BCUT2D eigenvalue weighted by molar-refractivity contribution is 0.103. The third-order valence-electron chi connectivity index (χ3n) is 3.42. The van der Waals surface area contributed by atoms with Gasteiger partial charge in [-0.1, -0.05) is 0 Å². The van der Waals surface area contributed by atoms with Gasteiger partial charge in [0.2, 0.25) is 0 Å². The Morgan fingerprint density at radius 3 is 2.50 bits per heavy atom. The van der Waals surface area contributed by atoms with Crippen LogP contribution in [0, 0.1) is 5.92 Å². The molecule has 0 N–H and O–H groups in total. The SMILES string of the molecule is CN1CC(C[C@H]2CCCN2C)C1. The van der Waals surface area contributed by atoms with Crippen LogP contribution in [0.5, 0.6) is 0 Å². The van der Waals surface area contributed by atoms with E-state index in [0.29, 0.717) is 0 Å². The summed E-state index contributed by atoms with van der Waals surface area (Å²) in [5.74, 6) is 1.00. The molecule has 0 unspecified atom stereocenters. The van der Waals surface area contributed by atoms with Gasteiger partial charge in [0, 0.05) is 19.1 Å². The maximum Gasteiger partial charge on any atom is 0.00962 e. The Morgan fingerprint density at radius 2 is 2.00 bits per heavy atom. The molecule has 0 aromatic heterocycles. The highest BCUT2D eigenvalue weighted by molar-refractivity contribution is 4.85. The van der Waals surface area contributed by atoms with Gasteiger partial charge >= 0.3 is 0 Å². The van der Waals surface area contributed by atoms with Crippen molar-refractivity contribution in [2.24, 2.45) is 5.92 Å². The highest BCUT2D eigenvalue weighted by Crippen LogP contribution is 2.26. The molecular formula is C10H20N2. The van der Waals surface area contributed by atoms with Crippen LogP contribution in [0.25, 0.3) is 0 Å². The van der Waals surface area contributed by atoms with Gasteiger partial charge in [0.05, 0.1) is 0 Å². The summed E-state index contributed by atoms with van der Waals surface area (Å²) < 4.78 is 0. The molecule has 0 radical (unpaired) electrons. The van der Waals surface area contributed by atoms with E-state index < -0.39 is 0 Å². The van der Waals surface area contributed by atoms with E-state index in [2.05, 4.69) is 23.9 Å². The summed E-state index contributed by atoms with van der Waals surface area (Å²) in [7, 11) is 4.49. The fourth-order valence-corrected chi connectivity index (χ4v) is 2.64. The Bertz CT molecular complexity index is 152. The molecule has 2 aliphatic heterocycles. The largest absolute Gasteiger partial charge is 0.306 e. The normalized spacial score (nSPS) is 34.0. The van der Waals surface area contributed by atoms with Crippen LogP contribution in [0.1, 0.15) is 19.3 Å². The summed E-state index contributed by atoms with van der Waals surface area (Å²) in [6.45, 7) is 4.00. The van der Waals surface area contributed by atoms with Crippen LogP contribution in [0.3, 0.4) is 0 Å². The van der Waals surface area contributed by atoms with Gasteiger partial charge in [0.1, 0.15) is 0 Å². The van der Waals surface area contributed by atoms with Crippen LogP contribution >= 0.6 is 0 Å². The Kier molecular flexibility index (Phi) is 2.37. The summed E-state index contributed by atoms with van der Waals surface area (Å²) in [5, 5.41) is 0. The molecular weight excluding hydrogens is 148 g/mol. The highest BCUT2D eigenvalue weighted by Gasteiger charge is 2.29. The molecule has 2 aliphatic rings. The zero-order valence-electron chi connectivity index (χ0n) is 8.29. The first-order chi connectivity index (χ1) is 5.75. The second kappa shape index (κ2) is 3.35. The lowest BCUT2D eigenvalue weighted by Gasteiger charge is -2.38. The molecule has 70 valence electrons. The number of likely N-dealkylation sites (tertiary alicyclic amines) is 2. The summed E-state index contributed by atoms with van der Waals surface area (Å²) in [4.78, 5) is 4.96. The Hall–Kier alpha value is -0.0800. The first-order valence-corrected chi connectivity index (χ1v) is 5.14. The van der Waals surface area contributed by atoms with Gasteiger partial charge in [-0.05, 0) is 45.8 Å². The molecule has 2 fully saturated rings. The number of hydrogen-bond donors (Lipinski definition) is 0. The zero-order valence-corrected chi connectivity index (χ0v) is 8.29. The van der Waals surface area contributed by atoms with Gasteiger partial charge in [-0.15, -0.1) is 0 Å². The predicted octanol–water partition coefficient (Wildman–Crippen LogP) is 1.03. The number of hydrogen-bond acceptors (Lipinski definition) is 2. The predicted molar refractivity (Wildman–Crippen MR) is 51.3 cm³/mol. The van der Waals surface area contributed by atoms with Crippen molar-refractivity contribution in [3.63, 3.8) is 0 Å². The minimum atomic E-state index is 0.906. The first-order valence-electron chi connectivity index (χ1n) is 5.14. The van der Waals surface area contributed by atoms with Gasteiger partial charge < -0.3 is 9.80 Å². The minimum Gasteiger partial charge on any atom is -0.306 e. The summed E-state index contributed by atoms with van der Waals surface area (Å²) in [6.07, 6.45) is 4.31. The second-order valence-electron chi connectivity index (χ2n) is 4.60. The molecule has 2 heteroatoms. The fraction of sp³-hybridized carbons (Fsp3) is 1.00. The van der Waals surface area contributed by atoms with E-state index in [-0.39, 0.29) is 0 Å². The average Bonchev–Trinajstić information content (AvgIpc) is 2.33. The van der Waals surface area contributed by atoms with Crippen molar-refractivity contribution in [1.82, 2.24) is 9.80 Å². The molecule has 2 rings (SSSR count). The lowest BCUT2D eigenvalue weighted by Crippen LogP contribution is -2.46. The molecule has 2 nitrogen and oxygen atoms in total. The van der Waals surface area contributed by atoms with E-state index in [1.165, 1.54) is 38.9 Å². The summed E-state index contributed by atoms with van der Waals surface area (Å²) in [5.41, 5.74) is 0. The molecule has 0 aromatic rings. The van der Waals surface area contributed by atoms with Gasteiger partial charge in [-0.25, -0.2) is 0 Å². The molecule has 1 atom stereocenters.